The summed E-state index contributed by atoms with van der Waals surface area (Å²) in [7, 11) is 0. The van der Waals surface area contributed by atoms with Gasteiger partial charge in [-0.3, -0.25) is 0 Å². The molecule has 4 heteroatoms. The Morgan fingerprint density at radius 2 is 1.58 bits per heavy atom. The molecule has 1 aromatic rings. The van der Waals surface area contributed by atoms with Crippen LogP contribution in [-0.4, -0.2) is 10.5 Å². The first-order valence-electron chi connectivity index (χ1n) is 3.45. The van der Waals surface area contributed by atoms with Crippen LogP contribution in [0.3, 0.4) is 0 Å². The topological polar surface area (TPSA) is 58.9 Å². The predicted molar refractivity (Wildman–Crippen MR) is 41.3 cm³/mol. The number of hydrogen-bond acceptors (Lipinski definition) is 4. The number of aryl methyl sites for hydroxylation is 1. The van der Waals surface area contributed by atoms with Gasteiger partial charge in [0.15, 0.2) is 0 Å². The minimum atomic E-state index is -1.13. The van der Waals surface area contributed by atoms with Gasteiger partial charge in [0, 0.05) is 5.56 Å². The van der Waals surface area contributed by atoms with Crippen molar-refractivity contribution >= 4 is 0 Å². The molecule has 0 fully saturated rings. The fourth-order valence-electron chi connectivity index (χ4n) is 0.865. The van der Waals surface area contributed by atoms with E-state index in [2.05, 4.69) is 9.78 Å². The van der Waals surface area contributed by atoms with E-state index in [-0.39, 0.29) is 0 Å². The first-order valence-corrected chi connectivity index (χ1v) is 3.45. The van der Waals surface area contributed by atoms with Crippen LogP contribution in [0.15, 0.2) is 24.3 Å². The molecule has 0 aliphatic rings. The summed E-state index contributed by atoms with van der Waals surface area (Å²) in [5.74, 6) is 0. The van der Waals surface area contributed by atoms with Crippen LogP contribution in [0.1, 0.15) is 17.4 Å². The first kappa shape index (κ1) is 9.15. The van der Waals surface area contributed by atoms with E-state index >= 15 is 0 Å². The molecule has 0 spiro atoms. The highest BCUT2D eigenvalue weighted by atomic mass is 17.2. The molecule has 12 heavy (non-hydrogen) atoms. The van der Waals surface area contributed by atoms with Crippen LogP contribution in [0.5, 0.6) is 0 Å². The van der Waals surface area contributed by atoms with Gasteiger partial charge in [-0.25, -0.2) is 10.5 Å². The van der Waals surface area contributed by atoms with Crippen LogP contribution < -0.4 is 0 Å². The van der Waals surface area contributed by atoms with E-state index in [4.69, 9.17) is 10.5 Å². The van der Waals surface area contributed by atoms with Crippen molar-refractivity contribution in [3.8, 4) is 0 Å². The van der Waals surface area contributed by atoms with E-state index in [1.54, 1.807) is 12.1 Å². The molecule has 0 aromatic heterocycles. The van der Waals surface area contributed by atoms with Crippen LogP contribution in [0.4, 0.5) is 0 Å². The van der Waals surface area contributed by atoms with E-state index in [0.717, 1.165) is 5.56 Å². The lowest BCUT2D eigenvalue weighted by Gasteiger charge is -2.08. The van der Waals surface area contributed by atoms with Crippen LogP contribution in [0, 0.1) is 6.92 Å². The van der Waals surface area contributed by atoms with Gasteiger partial charge in [-0.15, -0.1) is 0 Å². The van der Waals surface area contributed by atoms with E-state index in [1.165, 1.54) is 0 Å². The average molecular weight is 170 g/mol. The Bertz CT molecular complexity index is 227. The van der Waals surface area contributed by atoms with Gasteiger partial charge in [-0.1, -0.05) is 29.8 Å². The molecule has 0 radical (unpaired) electrons. The fraction of sp³-hybridized carbons (Fsp3) is 0.250. The third-order valence-corrected chi connectivity index (χ3v) is 1.54. The van der Waals surface area contributed by atoms with Crippen molar-refractivity contribution in [2.24, 2.45) is 0 Å². The molecule has 0 saturated carbocycles. The van der Waals surface area contributed by atoms with E-state index in [1.807, 2.05) is 19.1 Å². The van der Waals surface area contributed by atoms with Crippen molar-refractivity contribution in [1.29, 1.82) is 0 Å². The van der Waals surface area contributed by atoms with Crippen molar-refractivity contribution in [3.05, 3.63) is 35.4 Å². The van der Waals surface area contributed by atoms with Gasteiger partial charge >= 0.3 is 0 Å². The highest BCUT2D eigenvalue weighted by molar-refractivity contribution is 5.21. The van der Waals surface area contributed by atoms with Gasteiger partial charge < -0.3 is 0 Å². The number of benzene rings is 1. The Hall–Kier alpha value is -0.940. The zero-order valence-electron chi connectivity index (χ0n) is 6.60. The largest absolute Gasteiger partial charge is 0.249 e. The molecule has 0 heterocycles. The fourth-order valence-corrected chi connectivity index (χ4v) is 0.865. The van der Waals surface area contributed by atoms with Crippen LogP contribution in [0.25, 0.3) is 0 Å². The molecule has 0 saturated heterocycles. The van der Waals surface area contributed by atoms with Crippen molar-refractivity contribution in [3.63, 3.8) is 0 Å². The zero-order valence-corrected chi connectivity index (χ0v) is 6.60. The predicted octanol–water partition coefficient (Wildman–Crippen LogP) is 1.97. The first-order chi connectivity index (χ1) is 5.77. The molecule has 0 amide bonds. The summed E-state index contributed by atoms with van der Waals surface area (Å²) in [6, 6.07) is 7.01. The average Bonchev–Trinajstić information content (AvgIpc) is 2.10. The van der Waals surface area contributed by atoms with Gasteiger partial charge in [0.05, 0.1) is 0 Å². The lowest BCUT2D eigenvalue weighted by Crippen LogP contribution is -2.03. The molecule has 66 valence electrons. The Balaban J connectivity index is 2.80. The molecule has 1 aromatic carbocycles. The molecule has 0 aliphatic carbocycles. The molecule has 0 unspecified atom stereocenters. The molecule has 4 nitrogen and oxygen atoms in total. The second kappa shape index (κ2) is 4.18. The minimum absolute atomic E-state index is 0.547. The van der Waals surface area contributed by atoms with Crippen molar-refractivity contribution < 1.29 is 20.3 Å². The second-order valence-corrected chi connectivity index (χ2v) is 2.45. The molecule has 1 rings (SSSR count). The normalized spacial score (nSPS) is 10.7. The minimum Gasteiger partial charge on any atom is -0.249 e. The maximum absolute atomic E-state index is 8.26. The summed E-state index contributed by atoms with van der Waals surface area (Å²) in [5, 5.41) is 16.5. The van der Waals surface area contributed by atoms with Gasteiger partial charge in [-0.05, 0) is 6.92 Å². The van der Waals surface area contributed by atoms with E-state index in [9.17, 15) is 0 Å². The van der Waals surface area contributed by atoms with Crippen molar-refractivity contribution in [1.82, 2.24) is 0 Å². The van der Waals surface area contributed by atoms with Gasteiger partial charge in [-0.2, -0.15) is 9.78 Å². The smallest absolute Gasteiger partial charge is 0.248 e. The standard InChI is InChI=1S/C8H10O4/c1-6-2-4-7(5-3-6)8(11-9)12-10/h2-5,8-10H,1H3. The molecule has 0 atom stereocenters. The van der Waals surface area contributed by atoms with Crippen LogP contribution in [-0.2, 0) is 9.78 Å². The summed E-state index contributed by atoms with van der Waals surface area (Å²) >= 11 is 0. The van der Waals surface area contributed by atoms with Crippen LogP contribution >= 0.6 is 0 Å². The Morgan fingerprint density at radius 1 is 1.08 bits per heavy atom. The second-order valence-electron chi connectivity index (χ2n) is 2.45. The highest BCUT2D eigenvalue weighted by Crippen LogP contribution is 2.16. The molecule has 2 N–H and O–H groups in total. The third kappa shape index (κ3) is 2.02. The zero-order chi connectivity index (χ0) is 8.97. The molecule has 0 bridgehead atoms. The van der Waals surface area contributed by atoms with Gasteiger partial charge in [0.2, 0.25) is 6.29 Å². The summed E-state index contributed by atoms with van der Waals surface area (Å²) in [6.45, 7) is 1.93. The van der Waals surface area contributed by atoms with Crippen molar-refractivity contribution in [2.45, 2.75) is 13.2 Å². The Kier molecular flexibility index (Phi) is 3.19. The quantitative estimate of drug-likeness (QED) is 0.413. The lowest BCUT2D eigenvalue weighted by molar-refractivity contribution is -0.437. The Labute approximate surface area is 69.8 Å². The number of rotatable bonds is 3. The maximum Gasteiger partial charge on any atom is 0.248 e. The summed E-state index contributed by atoms with van der Waals surface area (Å²) < 4.78 is 0. The third-order valence-electron chi connectivity index (χ3n) is 1.54. The van der Waals surface area contributed by atoms with Crippen molar-refractivity contribution in [2.75, 3.05) is 0 Å². The van der Waals surface area contributed by atoms with E-state index < -0.39 is 6.29 Å². The molecular weight excluding hydrogens is 160 g/mol. The lowest BCUT2D eigenvalue weighted by atomic mass is 10.1. The summed E-state index contributed by atoms with van der Waals surface area (Å²) in [5.41, 5.74) is 1.62. The number of hydrogen-bond donors (Lipinski definition) is 2. The van der Waals surface area contributed by atoms with Crippen LogP contribution in [0.2, 0.25) is 0 Å². The maximum atomic E-state index is 8.26. The highest BCUT2D eigenvalue weighted by Gasteiger charge is 2.10. The summed E-state index contributed by atoms with van der Waals surface area (Å²) in [4.78, 5) is 7.71. The SMILES string of the molecule is Cc1ccc(C(OO)OO)cc1. The Morgan fingerprint density at radius 3 is 2.00 bits per heavy atom. The van der Waals surface area contributed by atoms with Gasteiger partial charge in [0.1, 0.15) is 0 Å². The molecule has 0 aliphatic heterocycles. The van der Waals surface area contributed by atoms with Gasteiger partial charge in [0.25, 0.3) is 0 Å². The monoisotopic (exact) mass is 170 g/mol. The molecular formula is C8H10O4. The summed E-state index contributed by atoms with van der Waals surface area (Å²) in [6.07, 6.45) is -1.13. The van der Waals surface area contributed by atoms with E-state index in [0.29, 0.717) is 5.56 Å².